The van der Waals surface area contributed by atoms with Crippen LogP contribution in [0, 0.1) is 4.40 Å². The molecule has 1 aromatic heterocycles. The van der Waals surface area contributed by atoms with Gasteiger partial charge in [0.2, 0.25) is 0 Å². The number of benzene rings is 2. The van der Waals surface area contributed by atoms with Gasteiger partial charge in [0.25, 0.3) is 0 Å². The average Bonchev–Trinajstić information content (AvgIpc) is 3.15. The van der Waals surface area contributed by atoms with Crippen molar-refractivity contribution in [2.75, 3.05) is 0 Å². The Labute approximate surface area is 197 Å². The summed E-state index contributed by atoms with van der Waals surface area (Å²) in [6.07, 6.45) is 4.32. The Morgan fingerprint density at radius 1 is 0.613 bits per heavy atom. The molecule has 0 aliphatic rings. The van der Waals surface area contributed by atoms with E-state index in [1.807, 2.05) is 0 Å². The second-order valence-corrected chi connectivity index (χ2v) is 10.6. The summed E-state index contributed by atoms with van der Waals surface area (Å²) in [6.45, 7) is 18.2. The maximum absolute atomic E-state index is 6.54. The molecule has 0 aliphatic heterocycles. The van der Waals surface area contributed by atoms with E-state index in [0.29, 0.717) is 23.7 Å². The van der Waals surface area contributed by atoms with E-state index < -0.39 is 0 Å². The van der Waals surface area contributed by atoms with E-state index in [2.05, 4.69) is 113 Å². The van der Waals surface area contributed by atoms with Crippen molar-refractivity contribution in [3.8, 4) is 11.4 Å². The van der Waals surface area contributed by atoms with E-state index in [9.17, 15) is 0 Å². The van der Waals surface area contributed by atoms with Crippen LogP contribution in [0.2, 0.25) is 0 Å². The predicted octanol–water partition coefficient (Wildman–Crippen LogP) is 8.53. The van der Waals surface area contributed by atoms with Crippen molar-refractivity contribution < 1.29 is 13.1 Å². The van der Waals surface area contributed by atoms with Gasteiger partial charge in [0.15, 0.2) is 0 Å². The number of hydrogen-bond acceptors (Lipinski definition) is 0. The van der Waals surface area contributed by atoms with Gasteiger partial charge in [0, 0.05) is 0 Å². The third-order valence-corrected chi connectivity index (χ3v) is 7.02. The number of nitrogens with zero attached hydrogens (tertiary/aromatic N) is 2. The van der Waals surface area contributed by atoms with Gasteiger partial charge in [-0.3, -0.25) is 0 Å². The number of aromatic nitrogens is 2. The normalized spacial score (nSPS) is 12.2. The van der Waals surface area contributed by atoms with Crippen LogP contribution in [0.15, 0.2) is 48.8 Å². The standard InChI is InChI=1S/C27H36N2.ClH.Ni/c1-18(2)22-11-9-13-24(26(22)20(5)6)28-15-16-29(17-28)25-14-10-12-23(19(3)4)27(25)21(7)8;;/h9-16,18-21H,1-8H3;1H;/q;;+1/p-1. The van der Waals surface area contributed by atoms with Crippen LogP contribution < -0.4 is 0 Å². The summed E-state index contributed by atoms with van der Waals surface area (Å²) in [6, 6.07) is 13.3. The van der Waals surface area contributed by atoms with Gasteiger partial charge in [-0.1, -0.05) is 0 Å². The molecule has 0 atom stereocenters. The van der Waals surface area contributed by atoms with Crippen molar-refractivity contribution in [1.82, 2.24) is 9.13 Å². The zero-order chi connectivity index (χ0) is 22.9. The molecular formula is C27H36ClN2Ni. The topological polar surface area (TPSA) is 9.86 Å². The molecule has 0 unspecified atom stereocenters. The zero-order valence-corrected chi connectivity index (χ0v) is 21.8. The summed E-state index contributed by atoms with van der Waals surface area (Å²) in [5.74, 6) is 1.81. The SMILES string of the molecule is CC(C)c1cccc(-n2ccn(-c3cccc(C(C)C)c3C(C)C)[c]2=[Ni][Cl])c1C(C)C. The Morgan fingerprint density at radius 2 is 1.00 bits per heavy atom. The molecule has 1 heterocycles. The van der Waals surface area contributed by atoms with E-state index in [1.165, 1.54) is 33.6 Å². The van der Waals surface area contributed by atoms with Crippen LogP contribution in [0.4, 0.5) is 0 Å². The van der Waals surface area contributed by atoms with Crippen molar-refractivity contribution in [1.29, 1.82) is 0 Å². The minimum atomic E-state index is 0.426. The van der Waals surface area contributed by atoms with Gasteiger partial charge in [0.05, 0.1) is 0 Å². The molecule has 171 valence electrons. The van der Waals surface area contributed by atoms with Crippen LogP contribution in [0.1, 0.15) is 101 Å². The minimum absolute atomic E-state index is 0.426. The average molecular weight is 483 g/mol. The second-order valence-electron chi connectivity index (χ2n) is 9.52. The third kappa shape index (κ3) is 4.64. The Hall–Kier alpha value is -1.57. The summed E-state index contributed by atoms with van der Waals surface area (Å²) in [5.41, 5.74) is 8.06. The number of imidazole rings is 1. The van der Waals surface area contributed by atoms with Crippen molar-refractivity contribution in [3.05, 3.63) is 75.4 Å². The molecule has 0 N–H and O–H groups in total. The van der Waals surface area contributed by atoms with Crippen LogP contribution in [-0.2, 0) is 13.1 Å². The van der Waals surface area contributed by atoms with Crippen LogP contribution in [0.5, 0.6) is 0 Å². The molecular weight excluding hydrogens is 446 g/mol. The summed E-state index contributed by atoms with van der Waals surface area (Å²) >= 11 is 1.08. The van der Waals surface area contributed by atoms with Crippen molar-refractivity contribution >= 4 is 10.2 Å². The third-order valence-electron chi connectivity index (χ3n) is 5.94. The van der Waals surface area contributed by atoms with Gasteiger partial charge in [0.1, 0.15) is 0 Å². The Balaban J connectivity index is 2.32. The molecule has 2 aromatic carbocycles. The molecule has 0 amide bonds. The Kier molecular flexibility index (Phi) is 7.71. The number of halogens is 1. The summed E-state index contributed by atoms with van der Waals surface area (Å²) in [7, 11) is 6.54. The molecule has 31 heavy (non-hydrogen) atoms. The number of rotatable bonds is 6. The fourth-order valence-corrected chi connectivity index (χ4v) is 5.63. The Bertz CT molecular complexity index is 1030. The van der Waals surface area contributed by atoms with E-state index in [1.54, 1.807) is 0 Å². The fourth-order valence-electron chi connectivity index (χ4n) is 4.59. The molecule has 0 spiro atoms. The first-order chi connectivity index (χ1) is 14.7. The van der Waals surface area contributed by atoms with E-state index in [-0.39, 0.29) is 0 Å². The predicted molar refractivity (Wildman–Crippen MR) is 131 cm³/mol. The van der Waals surface area contributed by atoms with Crippen LogP contribution in [-0.4, -0.2) is 9.13 Å². The van der Waals surface area contributed by atoms with E-state index >= 15 is 0 Å². The fraction of sp³-hybridized carbons (Fsp3) is 0.444. The molecule has 2 nitrogen and oxygen atoms in total. The first-order valence-corrected chi connectivity index (χ1v) is 13.1. The molecule has 0 aliphatic carbocycles. The number of hydrogen-bond donors (Lipinski definition) is 0. The van der Waals surface area contributed by atoms with Crippen molar-refractivity contribution in [2.24, 2.45) is 0 Å². The summed E-state index contributed by atoms with van der Waals surface area (Å²) in [4.78, 5) is 0. The molecule has 0 radical (unpaired) electrons. The van der Waals surface area contributed by atoms with Gasteiger partial charge in [-0.15, -0.1) is 0 Å². The molecule has 0 saturated heterocycles. The van der Waals surface area contributed by atoms with Gasteiger partial charge >= 0.3 is 198 Å². The van der Waals surface area contributed by atoms with Crippen LogP contribution >= 0.6 is 10.2 Å². The van der Waals surface area contributed by atoms with Crippen molar-refractivity contribution in [3.63, 3.8) is 0 Å². The first kappa shape index (κ1) is 24.1. The van der Waals surface area contributed by atoms with Crippen LogP contribution in [0.3, 0.4) is 0 Å². The Morgan fingerprint density at radius 3 is 1.29 bits per heavy atom. The van der Waals surface area contributed by atoms with Crippen LogP contribution in [0.25, 0.3) is 11.4 Å². The van der Waals surface area contributed by atoms with Gasteiger partial charge in [-0.25, -0.2) is 0 Å². The molecule has 0 bridgehead atoms. The molecule has 0 saturated carbocycles. The summed E-state index contributed by atoms with van der Waals surface area (Å²) < 4.78 is 5.56. The maximum atomic E-state index is 6.54. The first-order valence-electron chi connectivity index (χ1n) is 11.3. The van der Waals surface area contributed by atoms with Gasteiger partial charge < -0.3 is 0 Å². The molecule has 0 fully saturated rings. The van der Waals surface area contributed by atoms with E-state index in [0.717, 1.165) is 17.5 Å². The molecule has 4 heteroatoms. The second kappa shape index (κ2) is 9.92. The zero-order valence-electron chi connectivity index (χ0n) is 20.0. The molecule has 3 aromatic rings. The summed E-state index contributed by atoms with van der Waals surface area (Å²) in [5, 5.41) is 0. The van der Waals surface area contributed by atoms with Crippen molar-refractivity contribution in [2.45, 2.75) is 79.1 Å². The van der Waals surface area contributed by atoms with E-state index in [4.69, 9.17) is 10.2 Å². The van der Waals surface area contributed by atoms with Gasteiger partial charge in [-0.05, 0) is 0 Å². The van der Waals surface area contributed by atoms with Gasteiger partial charge in [-0.2, -0.15) is 0 Å². The monoisotopic (exact) mass is 481 g/mol. The molecule has 3 rings (SSSR count). The quantitative estimate of drug-likeness (QED) is 0.312.